The Labute approximate surface area is 107 Å². The van der Waals surface area contributed by atoms with Crippen LogP contribution in [0.2, 0.25) is 0 Å². The number of hydrogen-bond acceptors (Lipinski definition) is 3. The number of nitrogens with one attached hydrogen (secondary N) is 3. The molecule has 0 rings (SSSR count). The second kappa shape index (κ2) is 7.31. The molecule has 102 valence electrons. The second-order valence-electron chi connectivity index (χ2n) is 4.42. The zero-order chi connectivity index (χ0) is 14.2. The van der Waals surface area contributed by atoms with Crippen LogP contribution in [0.5, 0.6) is 0 Å². The topological polar surface area (TPSA) is 91.8 Å². The van der Waals surface area contributed by atoms with Crippen LogP contribution in [0.1, 0.15) is 20.8 Å². The molecule has 0 aliphatic carbocycles. The molecular formula is C11H20N4O3. The van der Waals surface area contributed by atoms with Crippen LogP contribution in [0.15, 0.2) is 17.6 Å². The van der Waals surface area contributed by atoms with Crippen molar-refractivity contribution in [3.05, 3.63) is 12.7 Å². The molecule has 0 aromatic rings. The largest absolute Gasteiger partial charge is 0.468 e. The summed E-state index contributed by atoms with van der Waals surface area (Å²) >= 11 is 0. The summed E-state index contributed by atoms with van der Waals surface area (Å²) in [6, 6.07) is -1.30. The normalized spacial score (nSPS) is 11.4. The van der Waals surface area contributed by atoms with Crippen LogP contribution in [0, 0.1) is 0 Å². The number of carbonyl (C=O) groups excluding carboxylic acids is 2. The Morgan fingerprint density at radius 1 is 1.39 bits per heavy atom. The molecule has 3 N–H and O–H groups in total. The third kappa shape index (κ3) is 8.14. The first-order valence-electron chi connectivity index (χ1n) is 5.39. The molecule has 4 amide bonds. The molecule has 0 bridgehead atoms. The molecule has 0 aliphatic rings. The maximum atomic E-state index is 11.5. The van der Waals surface area contributed by atoms with Crippen LogP contribution >= 0.6 is 0 Å². The lowest BCUT2D eigenvalue weighted by Gasteiger charge is -2.20. The standard InChI is InChI=1S/C11H20N4O3/c1-6-7-12-8(16)13-10(18-5)14-9(17)15-11(2,3)4/h6H,1,7H2,2-5H3,(H3,12,13,14,15,16,17). The first-order valence-corrected chi connectivity index (χ1v) is 5.39. The van der Waals surface area contributed by atoms with Gasteiger partial charge in [-0.2, -0.15) is 0 Å². The first-order chi connectivity index (χ1) is 8.28. The van der Waals surface area contributed by atoms with E-state index in [-0.39, 0.29) is 12.6 Å². The van der Waals surface area contributed by atoms with Crippen LogP contribution in [0.4, 0.5) is 9.59 Å². The zero-order valence-electron chi connectivity index (χ0n) is 11.2. The average Bonchev–Trinajstić information content (AvgIpc) is 2.22. The maximum absolute atomic E-state index is 11.5. The first kappa shape index (κ1) is 16.0. The van der Waals surface area contributed by atoms with Gasteiger partial charge < -0.3 is 15.4 Å². The van der Waals surface area contributed by atoms with Gasteiger partial charge in [0, 0.05) is 12.1 Å². The number of amides is 4. The smallest absolute Gasteiger partial charge is 0.345 e. The Hall–Kier alpha value is -2.05. The predicted octanol–water partition coefficient (Wildman–Crippen LogP) is 0.982. The minimum absolute atomic E-state index is 0.182. The molecule has 0 fully saturated rings. The number of hydrogen-bond donors (Lipinski definition) is 3. The van der Waals surface area contributed by atoms with E-state index in [4.69, 9.17) is 4.74 Å². The van der Waals surface area contributed by atoms with Gasteiger partial charge in [-0.1, -0.05) is 6.08 Å². The highest BCUT2D eigenvalue weighted by Crippen LogP contribution is 1.97. The van der Waals surface area contributed by atoms with Crippen molar-refractivity contribution in [2.24, 2.45) is 4.99 Å². The quantitative estimate of drug-likeness (QED) is 0.391. The number of ether oxygens (including phenoxy) is 1. The number of amidine groups is 1. The van der Waals surface area contributed by atoms with Crippen molar-refractivity contribution in [2.75, 3.05) is 13.7 Å². The highest BCUT2D eigenvalue weighted by atomic mass is 16.5. The lowest BCUT2D eigenvalue weighted by molar-refractivity contribution is 0.233. The summed E-state index contributed by atoms with van der Waals surface area (Å²) in [5.41, 5.74) is -0.395. The molecule has 0 saturated heterocycles. The van der Waals surface area contributed by atoms with E-state index in [2.05, 4.69) is 27.5 Å². The number of rotatable bonds is 2. The van der Waals surface area contributed by atoms with Crippen molar-refractivity contribution in [1.29, 1.82) is 0 Å². The Bertz CT molecular complexity index is 345. The molecule has 0 heterocycles. The van der Waals surface area contributed by atoms with Gasteiger partial charge in [-0.05, 0) is 20.8 Å². The minimum Gasteiger partial charge on any atom is -0.468 e. The fourth-order valence-corrected chi connectivity index (χ4v) is 0.885. The molecule has 0 saturated carbocycles. The van der Waals surface area contributed by atoms with Crippen molar-refractivity contribution in [3.8, 4) is 0 Å². The fourth-order valence-electron chi connectivity index (χ4n) is 0.885. The molecule has 7 heteroatoms. The van der Waals surface area contributed by atoms with E-state index < -0.39 is 17.6 Å². The third-order valence-corrected chi connectivity index (χ3v) is 1.50. The summed E-state index contributed by atoms with van der Waals surface area (Å²) in [4.78, 5) is 26.3. The lowest BCUT2D eigenvalue weighted by atomic mass is 10.1. The van der Waals surface area contributed by atoms with E-state index in [1.54, 1.807) is 0 Å². The molecule has 0 radical (unpaired) electrons. The monoisotopic (exact) mass is 256 g/mol. The Morgan fingerprint density at radius 3 is 2.44 bits per heavy atom. The highest BCUT2D eigenvalue weighted by molar-refractivity contribution is 5.98. The minimum atomic E-state index is -0.622. The summed E-state index contributed by atoms with van der Waals surface area (Å²) < 4.78 is 4.78. The summed E-state index contributed by atoms with van der Waals surface area (Å²) in [6.45, 7) is 9.21. The number of urea groups is 2. The van der Waals surface area contributed by atoms with Crippen molar-refractivity contribution in [3.63, 3.8) is 0 Å². The lowest BCUT2D eigenvalue weighted by Crippen LogP contribution is -2.48. The average molecular weight is 256 g/mol. The SMILES string of the molecule is C=CCNC(=O)N=C(NC(=O)NC(C)(C)C)OC. The summed E-state index contributed by atoms with van der Waals surface area (Å²) in [5, 5.41) is 7.39. The van der Waals surface area contributed by atoms with Crippen molar-refractivity contribution >= 4 is 18.1 Å². The van der Waals surface area contributed by atoms with E-state index in [1.165, 1.54) is 13.2 Å². The van der Waals surface area contributed by atoms with Crippen LogP contribution in [0.3, 0.4) is 0 Å². The maximum Gasteiger partial charge on any atom is 0.345 e. The fraction of sp³-hybridized carbons (Fsp3) is 0.545. The molecule has 0 aliphatic heterocycles. The van der Waals surface area contributed by atoms with Crippen molar-refractivity contribution < 1.29 is 14.3 Å². The van der Waals surface area contributed by atoms with Crippen molar-refractivity contribution in [1.82, 2.24) is 16.0 Å². The summed E-state index contributed by atoms with van der Waals surface area (Å²) in [7, 11) is 1.30. The number of nitrogens with zero attached hydrogens (tertiary/aromatic N) is 1. The Kier molecular flexibility index (Phi) is 6.48. The molecule has 0 unspecified atom stereocenters. The molecule has 0 atom stereocenters. The van der Waals surface area contributed by atoms with Gasteiger partial charge in [0.1, 0.15) is 0 Å². The van der Waals surface area contributed by atoms with Gasteiger partial charge in [-0.25, -0.2) is 9.59 Å². The number of carbonyl (C=O) groups is 2. The van der Waals surface area contributed by atoms with E-state index in [1.807, 2.05) is 20.8 Å². The third-order valence-electron chi connectivity index (χ3n) is 1.50. The number of aliphatic imine (C=N–C) groups is 1. The van der Waals surface area contributed by atoms with Gasteiger partial charge in [0.25, 0.3) is 0 Å². The van der Waals surface area contributed by atoms with Crippen LogP contribution in [-0.2, 0) is 4.74 Å². The molecular weight excluding hydrogens is 236 g/mol. The molecule has 7 nitrogen and oxygen atoms in total. The summed E-state index contributed by atoms with van der Waals surface area (Å²) in [5.74, 6) is 0. The van der Waals surface area contributed by atoms with E-state index in [9.17, 15) is 9.59 Å². The van der Waals surface area contributed by atoms with Crippen molar-refractivity contribution in [2.45, 2.75) is 26.3 Å². The summed E-state index contributed by atoms with van der Waals surface area (Å²) in [6.07, 6.45) is 1.51. The van der Waals surface area contributed by atoms with E-state index in [0.717, 1.165) is 0 Å². The molecule has 18 heavy (non-hydrogen) atoms. The van der Waals surface area contributed by atoms with Gasteiger partial charge in [-0.15, -0.1) is 11.6 Å². The second-order valence-corrected chi connectivity index (χ2v) is 4.42. The van der Waals surface area contributed by atoms with Crippen LogP contribution < -0.4 is 16.0 Å². The van der Waals surface area contributed by atoms with Gasteiger partial charge in [0.15, 0.2) is 0 Å². The number of methoxy groups -OCH3 is 1. The molecule has 0 aromatic heterocycles. The van der Waals surface area contributed by atoms with Crippen LogP contribution in [0.25, 0.3) is 0 Å². The highest BCUT2D eigenvalue weighted by Gasteiger charge is 2.15. The van der Waals surface area contributed by atoms with Gasteiger partial charge in [0.2, 0.25) is 0 Å². The van der Waals surface area contributed by atoms with E-state index >= 15 is 0 Å². The van der Waals surface area contributed by atoms with E-state index in [0.29, 0.717) is 0 Å². The molecule has 0 aromatic carbocycles. The van der Waals surface area contributed by atoms with Crippen LogP contribution in [-0.4, -0.2) is 37.3 Å². The van der Waals surface area contributed by atoms with Gasteiger partial charge in [0.05, 0.1) is 7.11 Å². The Balaban J connectivity index is 4.41. The Morgan fingerprint density at radius 2 is 2.00 bits per heavy atom. The van der Waals surface area contributed by atoms with Gasteiger partial charge >= 0.3 is 18.1 Å². The molecule has 0 spiro atoms. The zero-order valence-corrected chi connectivity index (χ0v) is 11.2. The predicted molar refractivity (Wildman–Crippen MR) is 69.5 cm³/mol. The van der Waals surface area contributed by atoms with Gasteiger partial charge in [-0.3, -0.25) is 5.32 Å².